The quantitative estimate of drug-likeness (QED) is 0.714. The van der Waals surface area contributed by atoms with E-state index in [1.165, 1.54) is 38.4 Å². The average molecular weight is 400 g/mol. The summed E-state index contributed by atoms with van der Waals surface area (Å²) in [6.07, 6.45) is 0. The minimum atomic E-state index is -3.85. The minimum Gasteiger partial charge on any atom is -0.355 e. The Bertz CT molecular complexity index is 1010. The fraction of sp³-hybridized carbons (Fsp3) is 0.211. The van der Waals surface area contributed by atoms with Gasteiger partial charge in [-0.3, -0.25) is 9.59 Å². The predicted molar refractivity (Wildman–Crippen MR) is 103 cm³/mol. The van der Waals surface area contributed by atoms with Gasteiger partial charge in [0, 0.05) is 26.2 Å². The molecule has 2 rings (SSSR count). The number of hydrogen-bond donors (Lipinski definition) is 2. The SMILES string of the molecule is CNC(=O)c1cccc(CNC(=O)CN(C)S(=O)(=O)c2ccc(C#N)cc2)c1. The normalized spacial score (nSPS) is 10.9. The van der Waals surface area contributed by atoms with Crippen molar-refractivity contribution >= 4 is 21.8 Å². The Kier molecular flexibility index (Phi) is 6.87. The Morgan fingerprint density at radius 3 is 2.43 bits per heavy atom. The van der Waals surface area contributed by atoms with Crippen molar-refractivity contribution in [2.45, 2.75) is 11.4 Å². The highest BCUT2D eigenvalue weighted by Gasteiger charge is 2.22. The second-order valence-corrected chi connectivity index (χ2v) is 8.00. The molecular weight excluding hydrogens is 380 g/mol. The van der Waals surface area contributed by atoms with Crippen LogP contribution in [0.25, 0.3) is 0 Å². The van der Waals surface area contributed by atoms with Crippen molar-refractivity contribution in [3.8, 4) is 6.07 Å². The third kappa shape index (κ3) is 5.16. The number of likely N-dealkylation sites (N-methyl/N-ethyl adjacent to an activating group) is 1. The molecule has 2 aromatic rings. The van der Waals surface area contributed by atoms with E-state index in [2.05, 4.69) is 10.6 Å². The number of amides is 2. The maximum atomic E-state index is 12.5. The molecule has 0 unspecified atom stereocenters. The summed E-state index contributed by atoms with van der Waals surface area (Å²) in [6, 6.07) is 14.1. The summed E-state index contributed by atoms with van der Waals surface area (Å²) < 4.78 is 26.0. The van der Waals surface area contributed by atoms with E-state index in [9.17, 15) is 18.0 Å². The van der Waals surface area contributed by atoms with E-state index in [4.69, 9.17) is 5.26 Å². The molecule has 0 saturated carbocycles. The number of benzene rings is 2. The topological polar surface area (TPSA) is 119 Å². The van der Waals surface area contributed by atoms with Crippen molar-refractivity contribution < 1.29 is 18.0 Å². The molecule has 146 valence electrons. The lowest BCUT2D eigenvalue weighted by atomic mass is 10.1. The maximum Gasteiger partial charge on any atom is 0.251 e. The van der Waals surface area contributed by atoms with Crippen molar-refractivity contribution in [1.29, 1.82) is 5.26 Å². The molecule has 0 radical (unpaired) electrons. The first-order valence-corrected chi connectivity index (χ1v) is 9.76. The van der Waals surface area contributed by atoms with Gasteiger partial charge in [-0.05, 0) is 42.0 Å². The highest BCUT2D eigenvalue weighted by molar-refractivity contribution is 7.89. The number of nitriles is 1. The van der Waals surface area contributed by atoms with Gasteiger partial charge in [0.15, 0.2) is 0 Å². The van der Waals surface area contributed by atoms with Crippen LogP contribution in [-0.4, -0.2) is 45.2 Å². The Morgan fingerprint density at radius 2 is 1.82 bits per heavy atom. The van der Waals surface area contributed by atoms with E-state index in [-0.39, 0.29) is 23.9 Å². The van der Waals surface area contributed by atoms with Gasteiger partial charge in [-0.1, -0.05) is 12.1 Å². The van der Waals surface area contributed by atoms with Crippen LogP contribution in [0.5, 0.6) is 0 Å². The molecule has 9 heteroatoms. The van der Waals surface area contributed by atoms with Crippen molar-refractivity contribution in [2.24, 2.45) is 0 Å². The monoisotopic (exact) mass is 400 g/mol. The minimum absolute atomic E-state index is 0.0000733. The van der Waals surface area contributed by atoms with Gasteiger partial charge in [-0.15, -0.1) is 0 Å². The average Bonchev–Trinajstić information content (AvgIpc) is 2.71. The van der Waals surface area contributed by atoms with Crippen molar-refractivity contribution in [2.75, 3.05) is 20.6 Å². The van der Waals surface area contributed by atoms with Crippen LogP contribution in [0.3, 0.4) is 0 Å². The lowest BCUT2D eigenvalue weighted by Crippen LogP contribution is -2.38. The van der Waals surface area contributed by atoms with Gasteiger partial charge in [0.1, 0.15) is 0 Å². The van der Waals surface area contributed by atoms with Crippen LogP contribution in [0, 0.1) is 11.3 Å². The number of nitrogens with one attached hydrogen (secondary N) is 2. The molecule has 2 N–H and O–H groups in total. The molecule has 0 spiro atoms. The maximum absolute atomic E-state index is 12.5. The molecule has 0 bridgehead atoms. The first-order valence-electron chi connectivity index (χ1n) is 8.32. The van der Waals surface area contributed by atoms with E-state index in [0.717, 1.165) is 4.31 Å². The first kappa shape index (κ1) is 21.1. The third-order valence-electron chi connectivity index (χ3n) is 3.96. The molecule has 28 heavy (non-hydrogen) atoms. The summed E-state index contributed by atoms with van der Waals surface area (Å²) >= 11 is 0. The van der Waals surface area contributed by atoms with Gasteiger partial charge < -0.3 is 10.6 Å². The Hall–Kier alpha value is -3.22. The molecule has 2 amide bonds. The Balaban J connectivity index is 1.98. The summed E-state index contributed by atoms with van der Waals surface area (Å²) in [6.45, 7) is -0.202. The number of sulfonamides is 1. The molecule has 0 saturated heterocycles. The summed E-state index contributed by atoms with van der Waals surface area (Å²) in [4.78, 5) is 23.8. The van der Waals surface area contributed by atoms with Gasteiger partial charge in [0.2, 0.25) is 15.9 Å². The summed E-state index contributed by atoms with van der Waals surface area (Å²) in [7, 11) is -1.02. The molecule has 2 aromatic carbocycles. The summed E-state index contributed by atoms with van der Waals surface area (Å²) in [5, 5.41) is 13.9. The van der Waals surface area contributed by atoms with Crippen LogP contribution in [0.4, 0.5) is 0 Å². The van der Waals surface area contributed by atoms with Crippen molar-refractivity contribution in [1.82, 2.24) is 14.9 Å². The molecule has 0 fully saturated rings. The molecule has 0 aliphatic rings. The fourth-order valence-electron chi connectivity index (χ4n) is 2.39. The summed E-state index contributed by atoms with van der Waals surface area (Å²) in [5.74, 6) is -0.716. The van der Waals surface area contributed by atoms with Crippen LogP contribution in [0.1, 0.15) is 21.5 Å². The van der Waals surface area contributed by atoms with E-state index in [1.807, 2.05) is 6.07 Å². The van der Waals surface area contributed by atoms with E-state index < -0.39 is 15.9 Å². The highest BCUT2D eigenvalue weighted by atomic mass is 32.2. The summed E-state index contributed by atoms with van der Waals surface area (Å²) in [5.41, 5.74) is 1.53. The fourth-order valence-corrected chi connectivity index (χ4v) is 3.52. The lowest BCUT2D eigenvalue weighted by molar-refractivity contribution is -0.121. The molecule has 0 aromatic heterocycles. The van der Waals surface area contributed by atoms with Gasteiger partial charge >= 0.3 is 0 Å². The zero-order chi connectivity index (χ0) is 20.7. The van der Waals surface area contributed by atoms with Crippen LogP contribution >= 0.6 is 0 Å². The number of rotatable bonds is 7. The van der Waals surface area contributed by atoms with Gasteiger partial charge in [-0.25, -0.2) is 8.42 Å². The van der Waals surface area contributed by atoms with E-state index in [0.29, 0.717) is 16.7 Å². The first-order chi connectivity index (χ1) is 13.3. The number of carbonyl (C=O) groups is 2. The smallest absolute Gasteiger partial charge is 0.251 e. The molecule has 8 nitrogen and oxygen atoms in total. The molecular formula is C19H20N4O4S. The second kappa shape index (κ2) is 9.12. The Morgan fingerprint density at radius 1 is 1.14 bits per heavy atom. The van der Waals surface area contributed by atoms with E-state index in [1.54, 1.807) is 24.3 Å². The van der Waals surface area contributed by atoms with Gasteiger partial charge in [0.05, 0.1) is 23.1 Å². The highest BCUT2D eigenvalue weighted by Crippen LogP contribution is 2.14. The van der Waals surface area contributed by atoms with Crippen LogP contribution in [-0.2, 0) is 21.4 Å². The molecule has 0 aliphatic heterocycles. The number of nitrogens with zero attached hydrogens (tertiary/aromatic N) is 2. The van der Waals surface area contributed by atoms with Crippen LogP contribution < -0.4 is 10.6 Å². The van der Waals surface area contributed by atoms with Crippen LogP contribution in [0.15, 0.2) is 53.4 Å². The Labute approximate surface area is 163 Å². The van der Waals surface area contributed by atoms with Crippen molar-refractivity contribution in [3.63, 3.8) is 0 Å². The van der Waals surface area contributed by atoms with E-state index >= 15 is 0 Å². The molecule has 0 heterocycles. The molecule has 0 aliphatic carbocycles. The molecule has 0 atom stereocenters. The van der Waals surface area contributed by atoms with Gasteiger partial charge in [-0.2, -0.15) is 9.57 Å². The van der Waals surface area contributed by atoms with Crippen LogP contribution in [0.2, 0.25) is 0 Å². The lowest BCUT2D eigenvalue weighted by Gasteiger charge is -2.17. The third-order valence-corrected chi connectivity index (χ3v) is 5.78. The standard InChI is InChI=1S/C19H20N4O4S/c1-21-19(25)16-5-3-4-15(10-16)12-22-18(24)13-23(2)28(26,27)17-8-6-14(11-20)7-9-17/h3-10H,12-13H2,1-2H3,(H,21,25)(H,22,24). The van der Waals surface area contributed by atoms with Crippen molar-refractivity contribution in [3.05, 3.63) is 65.2 Å². The number of carbonyl (C=O) groups excluding carboxylic acids is 2. The largest absolute Gasteiger partial charge is 0.355 e. The second-order valence-electron chi connectivity index (χ2n) is 5.95. The zero-order valence-corrected chi connectivity index (χ0v) is 16.3. The number of hydrogen-bond acceptors (Lipinski definition) is 5. The predicted octanol–water partition coefficient (Wildman–Crippen LogP) is 0.855. The zero-order valence-electron chi connectivity index (χ0n) is 15.5. The van der Waals surface area contributed by atoms with Gasteiger partial charge in [0.25, 0.3) is 5.91 Å².